The fourth-order valence-corrected chi connectivity index (χ4v) is 3.77. The number of furan rings is 1. The van der Waals surface area contributed by atoms with Gasteiger partial charge in [0.25, 0.3) is 0 Å². The molecule has 2 aromatic rings. The smallest absolute Gasteiger partial charge is 0.239 e. The van der Waals surface area contributed by atoms with E-state index in [1.54, 1.807) is 19.1 Å². The Bertz CT molecular complexity index is 773. The van der Waals surface area contributed by atoms with Crippen LogP contribution < -0.4 is 4.90 Å². The molecule has 0 atom stereocenters. The van der Waals surface area contributed by atoms with Crippen molar-refractivity contribution in [3.05, 3.63) is 41.7 Å². The topological polar surface area (TPSA) is 67.6 Å². The lowest BCUT2D eigenvalue weighted by atomic mass is 10.2. The van der Waals surface area contributed by atoms with Crippen LogP contribution in [0.2, 0.25) is 0 Å². The Labute approximate surface area is 130 Å². The zero-order valence-electron chi connectivity index (χ0n) is 12.9. The first-order chi connectivity index (χ1) is 10.4. The lowest BCUT2D eigenvalue weighted by molar-refractivity contribution is 0.109. The molecule has 0 spiro atoms. The molecule has 0 aliphatic heterocycles. The predicted octanol–water partition coefficient (Wildman–Crippen LogP) is 3.08. The summed E-state index contributed by atoms with van der Waals surface area (Å²) in [6, 6.07) is 7.87. The van der Waals surface area contributed by atoms with E-state index in [2.05, 4.69) is 4.90 Å². The molecule has 5 nitrogen and oxygen atoms in total. The maximum atomic E-state index is 12.6. The summed E-state index contributed by atoms with van der Waals surface area (Å²) in [6.45, 7) is 7.55. The van der Waals surface area contributed by atoms with Crippen molar-refractivity contribution in [1.29, 1.82) is 0 Å². The molecule has 1 aromatic heterocycles. The average molecular weight is 321 g/mol. The van der Waals surface area contributed by atoms with Crippen LogP contribution in [0.3, 0.4) is 0 Å². The first kappa shape index (κ1) is 16.3. The maximum absolute atomic E-state index is 12.6. The van der Waals surface area contributed by atoms with Crippen molar-refractivity contribution in [2.45, 2.75) is 30.8 Å². The number of benzene rings is 1. The zero-order chi connectivity index (χ0) is 16.3. The molecule has 0 radical (unpaired) electrons. The summed E-state index contributed by atoms with van der Waals surface area (Å²) in [4.78, 5) is 13.0. The van der Waals surface area contributed by atoms with E-state index in [0.717, 1.165) is 18.8 Å². The molecule has 1 aromatic carbocycles. The van der Waals surface area contributed by atoms with Gasteiger partial charge in [-0.3, -0.25) is 4.79 Å². The van der Waals surface area contributed by atoms with Gasteiger partial charge in [-0.1, -0.05) is 0 Å². The van der Waals surface area contributed by atoms with Crippen LogP contribution in [0.1, 0.15) is 30.0 Å². The Kier molecular flexibility index (Phi) is 4.71. The fourth-order valence-electron chi connectivity index (χ4n) is 2.37. The van der Waals surface area contributed by atoms with E-state index in [4.69, 9.17) is 4.42 Å². The zero-order valence-corrected chi connectivity index (χ0v) is 13.7. The van der Waals surface area contributed by atoms with Crippen LogP contribution in [-0.4, -0.2) is 27.8 Å². The van der Waals surface area contributed by atoms with E-state index < -0.39 is 9.84 Å². The van der Waals surface area contributed by atoms with Gasteiger partial charge in [0, 0.05) is 18.8 Å². The van der Waals surface area contributed by atoms with Gasteiger partial charge in [0.2, 0.25) is 14.9 Å². The van der Waals surface area contributed by atoms with Gasteiger partial charge in [-0.15, -0.1) is 0 Å². The molecule has 0 aliphatic rings. The van der Waals surface area contributed by atoms with Gasteiger partial charge in [-0.25, -0.2) is 8.42 Å². The lowest BCUT2D eigenvalue weighted by Gasteiger charge is -2.22. The molecule has 0 N–H and O–H groups in total. The van der Waals surface area contributed by atoms with Gasteiger partial charge in [0.1, 0.15) is 0 Å². The van der Waals surface area contributed by atoms with Crippen molar-refractivity contribution in [2.24, 2.45) is 0 Å². The van der Waals surface area contributed by atoms with Crippen molar-refractivity contribution < 1.29 is 17.6 Å². The number of anilines is 1. The Morgan fingerprint density at radius 2 is 1.82 bits per heavy atom. The number of nitrogens with zero attached hydrogens (tertiary/aromatic N) is 1. The first-order valence-corrected chi connectivity index (χ1v) is 8.58. The van der Waals surface area contributed by atoms with Crippen LogP contribution in [0, 0.1) is 6.92 Å². The number of hydrogen-bond donors (Lipinski definition) is 0. The molecule has 118 valence electrons. The summed E-state index contributed by atoms with van der Waals surface area (Å²) in [6.07, 6.45) is 0.481. The molecule has 6 heteroatoms. The normalized spacial score (nSPS) is 11.4. The monoisotopic (exact) mass is 321 g/mol. The molecule has 0 amide bonds. The summed E-state index contributed by atoms with van der Waals surface area (Å²) in [5, 5.41) is -0.215. The van der Waals surface area contributed by atoms with Gasteiger partial charge in [0.15, 0.2) is 12.0 Å². The van der Waals surface area contributed by atoms with Crippen molar-refractivity contribution in [3.8, 4) is 0 Å². The van der Waals surface area contributed by atoms with Gasteiger partial charge >= 0.3 is 0 Å². The van der Waals surface area contributed by atoms with Crippen molar-refractivity contribution >= 4 is 21.8 Å². The van der Waals surface area contributed by atoms with Crippen LogP contribution >= 0.6 is 0 Å². The largest absolute Gasteiger partial charge is 0.442 e. The van der Waals surface area contributed by atoms with E-state index in [1.165, 1.54) is 12.1 Å². The van der Waals surface area contributed by atoms with Gasteiger partial charge in [-0.05, 0) is 56.7 Å². The quantitative estimate of drug-likeness (QED) is 0.765. The minimum atomic E-state index is -3.76. The van der Waals surface area contributed by atoms with Crippen LogP contribution in [0.15, 0.2) is 44.7 Å². The SMILES string of the molecule is CCN(CC)c1ccc(S(=O)(=O)c2ccc(C=O)o2)c(C)c1. The van der Waals surface area contributed by atoms with E-state index in [9.17, 15) is 13.2 Å². The Balaban J connectivity index is 2.46. The third kappa shape index (κ3) is 2.92. The molecule has 0 saturated carbocycles. The Hall–Kier alpha value is -2.08. The second-order valence-corrected chi connectivity index (χ2v) is 6.75. The van der Waals surface area contributed by atoms with Crippen molar-refractivity contribution in [1.82, 2.24) is 0 Å². The Morgan fingerprint density at radius 3 is 2.32 bits per heavy atom. The average Bonchev–Trinajstić information content (AvgIpc) is 2.98. The van der Waals surface area contributed by atoms with E-state index in [1.807, 2.05) is 19.9 Å². The highest BCUT2D eigenvalue weighted by molar-refractivity contribution is 7.91. The van der Waals surface area contributed by atoms with Gasteiger partial charge in [0.05, 0.1) is 4.90 Å². The van der Waals surface area contributed by atoms with Crippen molar-refractivity contribution in [3.63, 3.8) is 0 Å². The molecular formula is C16H19NO4S. The molecule has 0 unspecified atom stereocenters. The van der Waals surface area contributed by atoms with Crippen LogP contribution in [-0.2, 0) is 9.84 Å². The number of sulfone groups is 1. The van der Waals surface area contributed by atoms with Gasteiger partial charge in [-0.2, -0.15) is 0 Å². The number of rotatable bonds is 6. The molecule has 22 heavy (non-hydrogen) atoms. The summed E-state index contributed by atoms with van der Waals surface area (Å²) >= 11 is 0. The van der Waals surface area contributed by atoms with Crippen molar-refractivity contribution in [2.75, 3.05) is 18.0 Å². The van der Waals surface area contributed by atoms with Crippen LogP contribution in [0.25, 0.3) is 0 Å². The second kappa shape index (κ2) is 6.36. The highest BCUT2D eigenvalue weighted by Gasteiger charge is 2.24. The summed E-state index contributed by atoms with van der Waals surface area (Å²) < 4.78 is 30.2. The molecule has 2 rings (SSSR count). The highest BCUT2D eigenvalue weighted by atomic mass is 32.2. The van der Waals surface area contributed by atoms with Gasteiger partial charge < -0.3 is 9.32 Å². The number of aryl methyl sites for hydroxylation is 1. The Morgan fingerprint density at radius 1 is 1.14 bits per heavy atom. The number of carbonyl (C=O) groups is 1. The molecule has 0 saturated heterocycles. The number of aldehydes is 1. The minimum Gasteiger partial charge on any atom is -0.442 e. The second-order valence-electron chi connectivity index (χ2n) is 4.90. The molecule has 0 fully saturated rings. The van der Waals surface area contributed by atoms with Crippen LogP contribution in [0.4, 0.5) is 5.69 Å². The molecule has 1 heterocycles. The van der Waals surface area contributed by atoms with E-state index in [-0.39, 0.29) is 15.7 Å². The number of carbonyl (C=O) groups excluding carboxylic acids is 1. The summed E-state index contributed by atoms with van der Waals surface area (Å²) in [7, 11) is -3.76. The third-order valence-corrected chi connectivity index (χ3v) is 5.35. The maximum Gasteiger partial charge on any atom is 0.239 e. The summed E-state index contributed by atoms with van der Waals surface area (Å²) in [5.74, 6) is -0.00371. The summed E-state index contributed by atoms with van der Waals surface area (Å²) in [5.41, 5.74) is 1.63. The fraction of sp³-hybridized carbons (Fsp3) is 0.312. The number of hydrogen-bond acceptors (Lipinski definition) is 5. The predicted molar refractivity (Wildman–Crippen MR) is 84.3 cm³/mol. The first-order valence-electron chi connectivity index (χ1n) is 7.09. The molecule has 0 aliphatic carbocycles. The van der Waals surface area contributed by atoms with E-state index >= 15 is 0 Å². The minimum absolute atomic E-state index is 0.00371. The molecular weight excluding hydrogens is 302 g/mol. The third-order valence-electron chi connectivity index (χ3n) is 3.56. The standard InChI is InChI=1S/C16H19NO4S/c1-4-17(5-2)13-6-8-15(12(3)10-13)22(19,20)16-9-7-14(11-18)21-16/h6-11H,4-5H2,1-3H3. The molecule has 0 bridgehead atoms. The van der Waals surface area contributed by atoms with E-state index in [0.29, 0.717) is 11.8 Å². The van der Waals surface area contributed by atoms with Crippen LogP contribution in [0.5, 0.6) is 0 Å². The highest BCUT2D eigenvalue weighted by Crippen LogP contribution is 2.28. The lowest BCUT2D eigenvalue weighted by Crippen LogP contribution is -2.22.